The van der Waals surface area contributed by atoms with Crippen molar-refractivity contribution in [1.82, 2.24) is 19.1 Å². The first-order valence-corrected chi connectivity index (χ1v) is 11.6. The molecule has 2 aromatic carbocycles. The number of para-hydroxylation sites is 2. The summed E-state index contributed by atoms with van der Waals surface area (Å²) in [5, 5.41) is 1.36. The second-order valence-corrected chi connectivity index (χ2v) is 8.13. The Morgan fingerprint density at radius 1 is 0.625 bits per heavy atom. The molecule has 0 aliphatic rings. The average molecular weight is 431 g/mol. The van der Waals surface area contributed by atoms with Gasteiger partial charge in [-0.25, -0.2) is 9.97 Å². The molecule has 0 radical (unpaired) electrons. The van der Waals surface area contributed by atoms with Gasteiger partial charge in [-0.15, -0.1) is 0 Å². The number of benzene rings is 2. The summed E-state index contributed by atoms with van der Waals surface area (Å²) in [4.78, 5) is 35.2. The van der Waals surface area contributed by atoms with Crippen molar-refractivity contribution in [1.29, 1.82) is 0 Å². The maximum absolute atomic E-state index is 12.9. The molecule has 0 saturated carbocycles. The molecular formula is C26H30N4O2. The van der Waals surface area contributed by atoms with Crippen LogP contribution in [0.5, 0.6) is 0 Å². The first-order chi connectivity index (χ1) is 15.6. The Morgan fingerprint density at radius 3 is 1.44 bits per heavy atom. The summed E-state index contributed by atoms with van der Waals surface area (Å²) in [6, 6.07) is 15.1. The van der Waals surface area contributed by atoms with E-state index in [9.17, 15) is 9.59 Å². The summed E-state index contributed by atoms with van der Waals surface area (Å²) < 4.78 is 3.66. The van der Waals surface area contributed by atoms with E-state index in [1.807, 2.05) is 71.5 Å². The quantitative estimate of drug-likeness (QED) is 0.367. The summed E-state index contributed by atoms with van der Waals surface area (Å²) in [7, 11) is 0. The van der Waals surface area contributed by atoms with Gasteiger partial charge in [0.05, 0.1) is 21.8 Å². The third kappa shape index (κ3) is 4.35. The Hall–Kier alpha value is -3.28. The van der Waals surface area contributed by atoms with Gasteiger partial charge in [0.15, 0.2) is 0 Å². The van der Waals surface area contributed by atoms with E-state index in [1.165, 1.54) is 0 Å². The Kier molecular flexibility index (Phi) is 6.78. The van der Waals surface area contributed by atoms with Crippen LogP contribution in [0.4, 0.5) is 0 Å². The van der Waals surface area contributed by atoms with Gasteiger partial charge in [-0.1, -0.05) is 51.0 Å². The normalized spacial score (nSPS) is 11.4. The topological polar surface area (TPSA) is 69.8 Å². The number of nitrogens with zero attached hydrogens (tertiary/aromatic N) is 4. The van der Waals surface area contributed by atoms with Crippen LogP contribution in [0.2, 0.25) is 0 Å². The van der Waals surface area contributed by atoms with Gasteiger partial charge in [-0.3, -0.25) is 18.7 Å². The minimum Gasteiger partial charge on any atom is -0.296 e. The van der Waals surface area contributed by atoms with Gasteiger partial charge in [-0.05, 0) is 37.1 Å². The van der Waals surface area contributed by atoms with Crippen LogP contribution >= 0.6 is 0 Å². The fraction of sp³-hybridized carbons (Fsp3) is 0.385. The summed E-state index contributed by atoms with van der Waals surface area (Å²) in [6.07, 6.45) is 5.30. The lowest BCUT2D eigenvalue weighted by Gasteiger charge is -2.13. The van der Waals surface area contributed by atoms with Gasteiger partial charge >= 0.3 is 0 Å². The molecule has 6 nitrogen and oxygen atoms in total. The third-order valence-corrected chi connectivity index (χ3v) is 6.03. The summed E-state index contributed by atoms with van der Waals surface area (Å²) in [6.45, 7) is 5.43. The van der Waals surface area contributed by atoms with Crippen molar-refractivity contribution < 1.29 is 0 Å². The van der Waals surface area contributed by atoms with Crippen molar-refractivity contribution in [2.75, 3.05) is 0 Å². The van der Waals surface area contributed by atoms with E-state index >= 15 is 0 Å². The number of aryl methyl sites for hydroxylation is 2. The van der Waals surface area contributed by atoms with Gasteiger partial charge < -0.3 is 0 Å². The molecule has 2 aromatic heterocycles. The van der Waals surface area contributed by atoms with Crippen LogP contribution in [0.25, 0.3) is 21.8 Å². The first-order valence-electron chi connectivity index (χ1n) is 11.6. The molecule has 0 fully saturated rings. The third-order valence-electron chi connectivity index (χ3n) is 6.03. The highest BCUT2D eigenvalue weighted by Gasteiger charge is 2.10. The Balaban J connectivity index is 1.38. The van der Waals surface area contributed by atoms with E-state index in [4.69, 9.17) is 0 Å². The van der Waals surface area contributed by atoms with E-state index < -0.39 is 0 Å². The van der Waals surface area contributed by atoms with Crippen LogP contribution in [-0.4, -0.2) is 19.1 Å². The van der Waals surface area contributed by atoms with Crippen LogP contribution < -0.4 is 11.1 Å². The van der Waals surface area contributed by atoms with Gasteiger partial charge in [0.25, 0.3) is 11.1 Å². The molecule has 0 unspecified atom stereocenters. The van der Waals surface area contributed by atoms with E-state index in [-0.39, 0.29) is 11.1 Å². The fourth-order valence-corrected chi connectivity index (χ4v) is 4.32. The highest BCUT2D eigenvalue weighted by molar-refractivity contribution is 5.78. The standard InChI is InChI=1S/C26H30N4O2/c1-3-23-27-21-15-9-7-13-19(21)25(31)29(23)17-11-5-6-12-18-30-24(4-2)28-22-16-10-8-14-20(22)26(30)32/h7-10,13-16H,3-6,11-12,17-18H2,1-2H3. The molecule has 32 heavy (non-hydrogen) atoms. The van der Waals surface area contributed by atoms with Gasteiger partial charge in [0.2, 0.25) is 0 Å². The van der Waals surface area contributed by atoms with Crippen molar-refractivity contribution >= 4 is 21.8 Å². The van der Waals surface area contributed by atoms with Crippen molar-refractivity contribution in [3.63, 3.8) is 0 Å². The minimum absolute atomic E-state index is 0.0498. The van der Waals surface area contributed by atoms with Gasteiger partial charge in [0, 0.05) is 25.9 Å². The predicted molar refractivity (Wildman–Crippen MR) is 129 cm³/mol. The Labute approximate surface area is 187 Å². The van der Waals surface area contributed by atoms with Crippen LogP contribution in [0, 0.1) is 0 Å². The molecule has 4 rings (SSSR count). The molecular weight excluding hydrogens is 400 g/mol. The summed E-state index contributed by atoms with van der Waals surface area (Å²) in [5.41, 5.74) is 1.64. The zero-order valence-corrected chi connectivity index (χ0v) is 18.9. The van der Waals surface area contributed by atoms with E-state index in [2.05, 4.69) is 9.97 Å². The fourth-order valence-electron chi connectivity index (χ4n) is 4.32. The molecule has 6 heteroatoms. The van der Waals surface area contributed by atoms with Crippen molar-refractivity contribution in [2.24, 2.45) is 0 Å². The average Bonchev–Trinajstić information content (AvgIpc) is 2.83. The van der Waals surface area contributed by atoms with E-state index in [0.717, 1.165) is 61.2 Å². The van der Waals surface area contributed by atoms with Crippen molar-refractivity contribution in [3.8, 4) is 0 Å². The van der Waals surface area contributed by atoms with Gasteiger partial charge in [0.1, 0.15) is 11.6 Å². The van der Waals surface area contributed by atoms with Crippen molar-refractivity contribution in [2.45, 2.75) is 65.5 Å². The molecule has 2 heterocycles. The molecule has 0 atom stereocenters. The number of rotatable bonds is 9. The highest BCUT2D eigenvalue weighted by Crippen LogP contribution is 2.12. The molecule has 0 amide bonds. The maximum Gasteiger partial charge on any atom is 0.261 e. The number of fused-ring (bicyclic) bond motifs is 2. The monoisotopic (exact) mass is 430 g/mol. The molecule has 0 saturated heterocycles. The molecule has 0 spiro atoms. The molecule has 0 bridgehead atoms. The maximum atomic E-state index is 12.9. The second-order valence-electron chi connectivity index (χ2n) is 8.13. The van der Waals surface area contributed by atoms with Crippen molar-refractivity contribution in [3.05, 3.63) is 80.9 Å². The largest absolute Gasteiger partial charge is 0.296 e. The lowest BCUT2D eigenvalue weighted by molar-refractivity contribution is 0.510. The van der Waals surface area contributed by atoms with Crippen LogP contribution in [0.15, 0.2) is 58.1 Å². The lowest BCUT2D eigenvalue weighted by atomic mass is 10.1. The molecule has 0 aliphatic carbocycles. The lowest BCUT2D eigenvalue weighted by Crippen LogP contribution is -2.25. The summed E-state index contributed by atoms with van der Waals surface area (Å²) >= 11 is 0. The zero-order chi connectivity index (χ0) is 22.5. The predicted octanol–water partition coefficient (Wildman–Crippen LogP) is 4.49. The Morgan fingerprint density at radius 2 is 1.03 bits per heavy atom. The number of hydrogen-bond acceptors (Lipinski definition) is 4. The van der Waals surface area contributed by atoms with E-state index in [1.54, 1.807) is 0 Å². The first kappa shape index (κ1) is 21.9. The number of aromatic nitrogens is 4. The second kappa shape index (κ2) is 9.90. The van der Waals surface area contributed by atoms with Crippen LogP contribution in [-0.2, 0) is 25.9 Å². The number of hydrogen-bond donors (Lipinski definition) is 0. The molecule has 0 aliphatic heterocycles. The minimum atomic E-state index is 0.0498. The van der Waals surface area contributed by atoms with E-state index in [0.29, 0.717) is 23.9 Å². The van der Waals surface area contributed by atoms with Crippen LogP contribution in [0.3, 0.4) is 0 Å². The Bertz CT molecular complexity index is 1250. The molecule has 0 N–H and O–H groups in total. The molecule has 4 aromatic rings. The highest BCUT2D eigenvalue weighted by atomic mass is 16.1. The number of unbranched alkanes of at least 4 members (excludes halogenated alkanes) is 3. The molecule has 166 valence electrons. The van der Waals surface area contributed by atoms with Crippen LogP contribution in [0.1, 0.15) is 51.2 Å². The smallest absolute Gasteiger partial charge is 0.261 e. The summed E-state index contributed by atoms with van der Waals surface area (Å²) in [5.74, 6) is 1.69. The zero-order valence-electron chi connectivity index (χ0n) is 18.9. The SMILES string of the molecule is CCc1nc2ccccc2c(=O)n1CCCCCCn1c(CC)nc2ccccc2c1=O. The van der Waals surface area contributed by atoms with Gasteiger partial charge in [-0.2, -0.15) is 0 Å².